The van der Waals surface area contributed by atoms with Gasteiger partial charge in [0.05, 0.1) is 4.90 Å². The van der Waals surface area contributed by atoms with Crippen molar-refractivity contribution in [3.05, 3.63) is 24.3 Å². The summed E-state index contributed by atoms with van der Waals surface area (Å²) < 4.78 is 26.4. The highest BCUT2D eigenvalue weighted by atomic mass is 32.2. The number of anilines is 1. The standard InChI is InChI=1S/C14H23N3O2S/c1-2-7-17-20(18,19)14-5-3-13(4-6-14)16-10-11-8-12(15)9-11/h3-6,11-12,16-17H,2,7-10,15H2,1H3. The van der Waals surface area contributed by atoms with E-state index in [4.69, 9.17) is 5.73 Å². The number of sulfonamides is 1. The van der Waals surface area contributed by atoms with E-state index in [-0.39, 0.29) is 0 Å². The van der Waals surface area contributed by atoms with Gasteiger partial charge in [-0.25, -0.2) is 13.1 Å². The number of benzene rings is 1. The van der Waals surface area contributed by atoms with E-state index in [1.54, 1.807) is 24.3 Å². The van der Waals surface area contributed by atoms with E-state index >= 15 is 0 Å². The summed E-state index contributed by atoms with van der Waals surface area (Å²) in [7, 11) is -3.37. The van der Waals surface area contributed by atoms with Crippen LogP contribution in [-0.4, -0.2) is 27.5 Å². The van der Waals surface area contributed by atoms with Gasteiger partial charge in [-0.05, 0) is 49.4 Å². The Morgan fingerprint density at radius 2 is 1.90 bits per heavy atom. The Morgan fingerprint density at radius 1 is 1.25 bits per heavy atom. The summed E-state index contributed by atoms with van der Waals surface area (Å²) in [4.78, 5) is 0.308. The highest BCUT2D eigenvalue weighted by molar-refractivity contribution is 7.89. The van der Waals surface area contributed by atoms with Crippen LogP contribution in [-0.2, 0) is 10.0 Å². The minimum atomic E-state index is -3.37. The van der Waals surface area contributed by atoms with Crippen LogP contribution in [0.4, 0.5) is 5.69 Å². The molecule has 5 nitrogen and oxygen atoms in total. The molecule has 2 rings (SSSR count). The van der Waals surface area contributed by atoms with Crippen LogP contribution in [0.2, 0.25) is 0 Å². The lowest BCUT2D eigenvalue weighted by atomic mass is 9.81. The average molecular weight is 297 g/mol. The Kier molecular flexibility index (Phi) is 5.01. The molecule has 1 fully saturated rings. The van der Waals surface area contributed by atoms with Crippen molar-refractivity contribution in [3.63, 3.8) is 0 Å². The lowest BCUT2D eigenvalue weighted by Crippen LogP contribution is -2.39. The SMILES string of the molecule is CCCNS(=O)(=O)c1ccc(NCC2CC(N)C2)cc1. The predicted molar refractivity (Wildman–Crippen MR) is 81.1 cm³/mol. The molecule has 0 aromatic heterocycles. The number of rotatable bonds is 7. The van der Waals surface area contributed by atoms with Gasteiger partial charge in [0, 0.05) is 24.8 Å². The first-order chi connectivity index (χ1) is 9.51. The molecule has 0 spiro atoms. The molecule has 0 radical (unpaired) electrons. The fraction of sp³-hybridized carbons (Fsp3) is 0.571. The van der Waals surface area contributed by atoms with E-state index < -0.39 is 10.0 Å². The molecule has 20 heavy (non-hydrogen) atoms. The van der Waals surface area contributed by atoms with Crippen molar-refractivity contribution < 1.29 is 8.42 Å². The zero-order valence-electron chi connectivity index (χ0n) is 11.8. The van der Waals surface area contributed by atoms with Crippen LogP contribution in [0, 0.1) is 5.92 Å². The highest BCUT2D eigenvalue weighted by Gasteiger charge is 2.25. The summed E-state index contributed by atoms with van der Waals surface area (Å²) in [6.07, 6.45) is 2.92. The number of hydrogen-bond donors (Lipinski definition) is 3. The Morgan fingerprint density at radius 3 is 2.45 bits per heavy atom. The molecule has 112 valence electrons. The molecule has 0 amide bonds. The quantitative estimate of drug-likeness (QED) is 0.712. The maximum absolute atomic E-state index is 11.9. The number of hydrogen-bond acceptors (Lipinski definition) is 4. The summed E-state index contributed by atoms with van der Waals surface area (Å²) in [5, 5.41) is 3.32. The van der Waals surface area contributed by atoms with Gasteiger partial charge in [0.2, 0.25) is 10.0 Å². The highest BCUT2D eigenvalue weighted by Crippen LogP contribution is 2.26. The molecule has 0 aliphatic heterocycles. The molecule has 1 aliphatic carbocycles. The Bertz CT molecular complexity index is 522. The van der Waals surface area contributed by atoms with Crippen molar-refractivity contribution in [2.24, 2.45) is 11.7 Å². The Balaban J connectivity index is 1.89. The molecule has 0 heterocycles. The molecule has 1 aliphatic rings. The van der Waals surface area contributed by atoms with Crippen molar-refractivity contribution in [3.8, 4) is 0 Å². The van der Waals surface area contributed by atoms with Crippen molar-refractivity contribution in [2.75, 3.05) is 18.4 Å². The maximum Gasteiger partial charge on any atom is 0.240 e. The topological polar surface area (TPSA) is 84.2 Å². The van der Waals surface area contributed by atoms with Crippen LogP contribution in [0.15, 0.2) is 29.2 Å². The normalized spacial score (nSPS) is 22.3. The summed E-state index contributed by atoms with van der Waals surface area (Å²) in [6.45, 7) is 3.29. The molecule has 1 aromatic carbocycles. The summed E-state index contributed by atoms with van der Waals surface area (Å²) >= 11 is 0. The molecule has 0 unspecified atom stereocenters. The van der Waals surface area contributed by atoms with E-state index in [0.29, 0.717) is 23.4 Å². The monoisotopic (exact) mass is 297 g/mol. The van der Waals surface area contributed by atoms with Gasteiger partial charge >= 0.3 is 0 Å². The lowest BCUT2D eigenvalue weighted by Gasteiger charge is -2.32. The maximum atomic E-state index is 11.9. The Labute approximate surface area is 121 Å². The fourth-order valence-electron chi connectivity index (χ4n) is 2.29. The van der Waals surface area contributed by atoms with Gasteiger partial charge in [0.25, 0.3) is 0 Å². The van der Waals surface area contributed by atoms with E-state index in [0.717, 1.165) is 31.5 Å². The van der Waals surface area contributed by atoms with Crippen LogP contribution in [0.25, 0.3) is 0 Å². The molecule has 4 N–H and O–H groups in total. The fourth-order valence-corrected chi connectivity index (χ4v) is 3.42. The molecule has 0 atom stereocenters. The van der Waals surface area contributed by atoms with E-state index in [1.165, 1.54) is 0 Å². The third-order valence-electron chi connectivity index (χ3n) is 3.57. The average Bonchev–Trinajstić information content (AvgIpc) is 2.40. The lowest BCUT2D eigenvalue weighted by molar-refractivity contribution is 0.280. The van der Waals surface area contributed by atoms with Gasteiger partial charge in [0.1, 0.15) is 0 Å². The molecular weight excluding hydrogens is 274 g/mol. The summed E-state index contributed by atoms with van der Waals surface area (Å²) in [5.41, 5.74) is 6.69. The van der Waals surface area contributed by atoms with Crippen molar-refractivity contribution in [1.29, 1.82) is 0 Å². The third-order valence-corrected chi connectivity index (χ3v) is 5.05. The van der Waals surface area contributed by atoms with E-state index in [2.05, 4.69) is 10.0 Å². The number of nitrogens with one attached hydrogen (secondary N) is 2. The molecule has 0 bridgehead atoms. The van der Waals surface area contributed by atoms with Gasteiger partial charge in [-0.15, -0.1) is 0 Å². The molecule has 1 aromatic rings. The van der Waals surface area contributed by atoms with Crippen molar-refractivity contribution in [1.82, 2.24) is 4.72 Å². The van der Waals surface area contributed by atoms with Gasteiger partial charge in [-0.1, -0.05) is 6.92 Å². The van der Waals surface area contributed by atoms with Crippen molar-refractivity contribution in [2.45, 2.75) is 37.1 Å². The first-order valence-electron chi connectivity index (χ1n) is 7.10. The molecule has 6 heteroatoms. The largest absolute Gasteiger partial charge is 0.385 e. The van der Waals surface area contributed by atoms with Crippen LogP contribution in [0.3, 0.4) is 0 Å². The van der Waals surface area contributed by atoms with Gasteiger partial charge < -0.3 is 11.1 Å². The van der Waals surface area contributed by atoms with E-state index in [9.17, 15) is 8.42 Å². The van der Waals surface area contributed by atoms with Crippen LogP contribution < -0.4 is 15.8 Å². The minimum Gasteiger partial charge on any atom is -0.385 e. The molecular formula is C14H23N3O2S. The van der Waals surface area contributed by atoms with E-state index in [1.807, 2.05) is 6.92 Å². The first kappa shape index (κ1) is 15.3. The minimum absolute atomic E-state index is 0.308. The van der Waals surface area contributed by atoms with Gasteiger partial charge in [-0.2, -0.15) is 0 Å². The summed E-state index contributed by atoms with van der Waals surface area (Å²) in [6, 6.07) is 7.23. The van der Waals surface area contributed by atoms with Crippen molar-refractivity contribution >= 4 is 15.7 Å². The number of nitrogens with two attached hydrogens (primary N) is 1. The molecule has 0 saturated heterocycles. The van der Waals surface area contributed by atoms with Crippen LogP contribution in [0.1, 0.15) is 26.2 Å². The van der Waals surface area contributed by atoms with Gasteiger partial charge in [-0.3, -0.25) is 0 Å². The second-order valence-electron chi connectivity index (χ2n) is 5.40. The zero-order chi connectivity index (χ0) is 14.6. The molecule has 1 saturated carbocycles. The summed E-state index contributed by atoms with van der Waals surface area (Å²) in [5.74, 6) is 0.639. The third kappa shape index (κ3) is 3.94. The van der Waals surface area contributed by atoms with Crippen LogP contribution >= 0.6 is 0 Å². The van der Waals surface area contributed by atoms with Crippen LogP contribution in [0.5, 0.6) is 0 Å². The smallest absolute Gasteiger partial charge is 0.240 e. The van der Waals surface area contributed by atoms with Gasteiger partial charge in [0.15, 0.2) is 0 Å². The zero-order valence-corrected chi connectivity index (χ0v) is 12.6. The second kappa shape index (κ2) is 6.56. The predicted octanol–water partition coefficient (Wildman–Crippen LogP) is 1.52. The first-order valence-corrected chi connectivity index (χ1v) is 8.58. The second-order valence-corrected chi connectivity index (χ2v) is 7.17. The Hall–Kier alpha value is -1.11.